The standard InChI is InChI=1S/C30H23Br3N2O4S/c1-3-23-25(29(37)38-2)26(18-7-5-4-6-8-18)35-28(36)24(40-30(35)34-23)14-19-13-21(32)15-22(33)27(19)39-16-17-9-11-20(31)12-10-17/h4-15,26H,3,16H2,1-2H3/b24-14+/t26-/m1/s1. The predicted molar refractivity (Wildman–Crippen MR) is 167 cm³/mol. The molecule has 2 heterocycles. The Kier molecular flexibility index (Phi) is 8.89. The molecule has 4 aromatic rings. The van der Waals surface area contributed by atoms with Gasteiger partial charge in [-0.2, -0.15) is 0 Å². The minimum Gasteiger partial charge on any atom is -0.487 e. The Morgan fingerprint density at radius 2 is 1.77 bits per heavy atom. The van der Waals surface area contributed by atoms with Crippen LogP contribution < -0.4 is 19.6 Å². The SMILES string of the molecule is CCC1=C(C(=O)OC)[C@@H](c2ccccc2)n2c(s/c(=C/c3cc(Br)cc(Br)c3OCc3ccc(Br)cc3)c2=O)=N1. The lowest BCUT2D eigenvalue weighted by atomic mass is 9.95. The van der Waals surface area contributed by atoms with E-state index >= 15 is 0 Å². The second kappa shape index (κ2) is 12.4. The lowest BCUT2D eigenvalue weighted by Gasteiger charge is -2.25. The Hall–Kier alpha value is -2.79. The number of carbonyl (C=O) groups is 1. The minimum absolute atomic E-state index is 0.246. The largest absolute Gasteiger partial charge is 0.487 e. The number of hydrogen-bond acceptors (Lipinski definition) is 6. The third kappa shape index (κ3) is 5.81. The molecule has 1 aliphatic rings. The number of nitrogens with zero attached hydrogens (tertiary/aromatic N) is 2. The number of benzene rings is 3. The van der Waals surface area contributed by atoms with E-state index in [1.54, 1.807) is 4.57 Å². The van der Waals surface area contributed by atoms with Crippen LogP contribution in [0.1, 0.15) is 36.1 Å². The molecule has 5 rings (SSSR count). The first-order chi connectivity index (χ1) is 19.3. The third-order valence-corrected chi connectivity index (χ3v) is 8.94. The number of rotatable bonds is 7. The molecule has 0 saturated heterocycles. The van der Waals surface area contributed by atoms with Crippen LogP contribution in [0, 0.1) is 0 Å². The predicted octanol–water partition coefficient (Wildman–Crippen LogP) is 6.66. The second-order valence-corrected chi connectivity index (χ2v) is 12.6. The number of allylic oxidation sites excluding steroid dienone is 1. The van der Waals surface area contributed by atoms with Crippen LogP contribution in [0.5, 0.6) is 5.75 Å². The first-order valence-electron chi connectivity index (χ1n) is 12.3. The molecule has 0 radical (unpaired) electrons. The number of aromatic nitrogens is 1. The first kappa shape index (κ1) is 28.7. The van der Waals surface area contributed by atoms with Gasteiger partial charge >= 0.3 is 5.97 Å². The van der Waals surface area contributed by atoms with Crippen LogP contribution in [-0.4, -0.2) is 17.6 Å². The maximum atomic E-state index is 14.0. The smallest absolute Gasteiger partial charge is 0.338 e. The third-order valence-electron chi connectivity index (χ3n) is 6.39. The lowest BCUT2D eigenvalue weighted by Crippen LogP contribution is -2.40. The van der Waals surface area contributed by atoms with Crippen molar-refractivity contribution in [1.29, 1.82) is 0 Å². The van der Waals surface area contributed by atoms with Crippen LogP contribution in [0.15, 0.2) is 101 Å². The van der Waals surface area contributed by atoms with Crippen LogP contribution in [0.4, 0.5) is 0 Å². The van der Waals surface area contributed by atoms with Gasteiger partial charge in [-0.3, -0.25) is 9.36 Å². The number of esters is 1. The fraction of sp³-hybridized carbons (Fsp3) is 0.167. The normalized spacial score (nSPS) is 15.0. The molecule has 0 saturated carbocycles. The molecule has 40 heavy (non-hydrogen) atoms. The monoisotopic (exact) mass is 744 g/mol. The first-order valence-corrected chi connectivity index (χ1v) is 15.5. The highest BCUT2D eigenvalue weighted by atomic mass is 79.9. The van der Waals surface area contributed by atoms with Crippen molar-refractivity contribution in [2.24, 2.45) is 4.99 Å². The summed E-state index contributed by atoms with van der Waals surface area (Å²) in [7, 11) is 1.34. The van der Waals surface area contributed by atoms with E-state index in [-0.39, 0.29) is 5.56 Å². The van der Waals surface area contributed by atoms with E-state index in [0.29, 0.717) is 39.4 Å². The summed E-state index contributed by atoms with van der Waals surface area (Å²) < 4.78 is 16.0. The molecule has 6 nitrogen and oxygen atoms in total. The number of halogens is 3. The lowest BCUT2D eigenvalue weighted by molar-refractivity contribution is -0.136. The summed E-state index contributed by atoms with van der Waals surface area (Å²) in [6.07, 6.45) is 2.33. The molecule has 1 atom stereocenters. The summed E-state index contributed by atoms with van der Waals surface area (Å²) >= 11 is 11.9. The molecular formula is C30H23Br3N2O4S. The van der Waals surface area contributed by atoms with E-state index in [1.165, 1.54) is 18.4 Å². The zero-order valence-corrected chi connectivity index (χ0v) is 27.1. The average molecular weight is 747 g/mol. The molecule has 0 unspecified atom stereocenters. The zero-order valence-electron chi connectivity index (χ0n) is 21.5. The molecule has 0 aliphatic carbocycles. The highest BCUT2D eigenvalue weighted by Gasteiger charge is 2.33. The van der Waals surface area contributed by atoms with Gasteiger partial charge in [0.25, 0.3) is 5.56 Å². The summed E-state index contributed by atoms with van der Waals surface area (Å²) in [5.41, 5.74) is 3.27. The fourth-order valence-electron chi connectivity index (χ4n) is 4.53. The molecule has 3 aromatic carbocycles. The van der Waals surface area contributed by atoms with Gasteiger partial charge in [-0.05, 0) is 63.8 Å². The van der Waals surface area contributed by atoms with Crippen molar-refractivity contribution in [1.82, 2.24) is 4.57 Å². The minimum atomic E-state index is -0.649. The van der Waals surface area contributed by atoms with Crippen molar-refractivity contribution in [3.63, 3.8) is 0 Å². The molecule has 0 amide bonds. The van der Waals surface area contributed by atoms with Crippen LogP contribution in [-0.2, 0) is 16.1 Å². The Morgan fingerprint density at radius 3 is 2.45 bits per heavy atom. The van der Waals surface area contributed by atoms with Gasteiger partial charge < -0.3 is 9.47 Å². The molecule has 0 fully saturated rings. The maximum Gasteiger partial charge on any atom is 0.338 e. The van der Waals surface area contributed by atoms with E-state index in [0.717, 1.165) is 30.1 Å². The molecule has 0 N–H and O–H groups in total. The van der Waals surface area contributed by atoms with Crippen molar-refractivity contribution in [2.45, 2.75) is 26.0 Å². The van der Waals surface area contributed by atoms with Crippen molar-refractivity contribution in [3.05, 3.63) is 128 Å². The number of hydrogen-bond donors (Lipinski definition) is 0. The number of fused-ring (bicyclic) bond motifs is 1. The topological polar surface area (TPSA) is 69.9 Å². The Labute approximate surface area is 260 Å². The number of ether oxygens (including phenoxy) is 2. The number of methoxy groups -OCH3 is 1. The van der Waals surface area contributed by atoms with E-state index in [9.17, 15) is 9.59 Å². The highest BCUT2D eigenvalue weighted by Crippen LogP contribution is 2.35. The molecule has 204 valence electrons. The van der Waals surface area contributed by atoms with Gasteiger partial charge in [-0.25, -0.2) is 9.79 Å². The van der Waals surface area contributed by atoms with Gasteiger partial charge in [-0.15, -0.1) is 0 Å². The van der Waals surface area contributed by atoms with Crippen LogP contribution in [0.3, 0.4) is 0 Å². The van der Waals surface area contributed by atoms with Crippen molar-refractivity contribution >= 4 is 71.2 Å². The molecular weight excluding hydrogens is 724 g/mol. The van der Waals surface area contributed by atoms with Crippen molar-refractivity contribution in [3.8, 4) is 5.75 Å². The van der Waals surface area contributed by atoms with Gasteiger partial charge in [0.15, 0.2) is 4.80 Å². The summed E-state index contributed by atoms with van der Waals surface area (Å²) in [5.74, 6) is 0.115. The van der Waals surface area contributed by atoms with Crippen molar-refractivity contribution in [2.75, 3.05) is 7.11 Å². The van der Waals surface area contributed by atoms with Crippen LogP contribution >= 0.6 is 59.1 Å². The van der Waals surface area contributed by atoms with Crippen molar-refractivity contribution < 1.29 is 14.3 Å². The Balaban J connectivity index is 1.66. The number of carbonyl (C=O) groups excluding carboxylic acids is 1. The second-order valence-electron chi connectivity index (χ2n) is 8.92. The highest BCUT2D eigenvalue weighted by molar-refractivity contribution is 9.11. The summed E-state index contributed by atoms with van der Waals surface area (Å²) in [6, 6.07) is 20.6. The molecule has 0 bridgehead atoms. The molecule has 1 aromatic heterocycles. The Bertz CT molecular complexity index is 1800. The number of thiazole rings is 1. The molecule has 0 spiro atoms. The zero-order chi connectivity index (χ0) is 28.4. The fourth-order valence-corrected chi connectivity index (χ4v) is 7.18. The van der Waals surface area contributed by atoms with E-state index in [1.807, 2.05) is 79.7 Å². The summed E-state index contributed by atoms with van der Waals surface area (Å²) in [6.45, 7) is 2.29. The van der Waals surface area contributed by atoms with E-state index < -0.39 is 12.0 Å². The van der Waals surface area contributed by atoms with Crippen LogP contribution in [0.2, 0.25) is 0 Å². The average Bonchev–Trinajstić information content (AvgIpc) is 3.26. The van der Waals surface area contributed by atoms with Gasteiger partial charge in [-0.1, -0.05) is 92.6 Å². The van der Waals surface area contributed by atoms with Gasteiger partial charge in [0.1, 0.15) is 12.4 Å². The quantitative estimate of drug-likeness (QED) is 0.199. The van der Waals surface area contributed by atoms with Crippen LogP contribution in [0.25, 0.3) is 6.08 Å². The van der Waals surface area contributed by atoms with Gasteiger partial charge in [0, 0.05) is 14.5 Å². The molecule has 10 heteroatoms. The Morgan fingerprint density at radius 1 is 1.05 bits per heavy atom. The summed E-state index contributed by atoms with van der Waals surface area (Å²) in [4.78, 5) is 32.2. The maximum absolute atomic E-state index is 14.0. The van der Waals surface area contributed by atoms with Gasteiger partial charge in [0.05, 0.1) is 33.4 Å². The summed E-state index contributed by atoms with van der Waals surface area (Å²) in [5, 5.41) is 0. The molecule has 1 aliphatic heterocycles. The van der Waals surface area contributed by atoms with Gasteiger partial charge in [0.2, 0.25) is 0 Å². The van der Waals surface area contributed by atoms with E-state index in [4.69, 9.17) is 14.5 Å². The van der Waals surface area contributed by atoms with E-state index in [2.05, 4.69) is 47.8 Å².